The van der Waals surface area contributed by atoms with Gasteiger partial charge in [0.25, 0.3) is 5.91 Å². The maximum atomic E-state index is 13.2. The minimum absolute atomic E-state index is 0.0375. The maximum absolute atomic E-state index is 13.2. The molecule has 0 aromatic heterocycles. The molecule has 2 fully saturated rings. The number of hydrogen-bond acceptors (Lipinski definition) is 2. The third-order valence-electron chi connectivity index (χ3n) is 4.45. The summed E-state index contributed by atoms with van der Waals surface area (Å²) >= 11 is 0. The smallest absolute Gasteiger partial charge is 0.254 e. The van der Waals surface area contributed by atoms with Gasteiger partial charge in [0.2, 0.25) is 0 Å². The predicted octanol–water partition coefficient (Wildman–Crippen LogP) is 2.13. The molecule has 2 bridgehead atoms. The van der Waals surface area contributed by atoms with Crippen LogP contribution in [0.2, 0.25) is 0 Å². The van der Waals surface area contributed by atoms with Gasteiger partial charge >= 0.3 is 0 Å². The Bertz CT molecular complexity index is 477. The monoisotopic (exact) mass is 262 g/mol. The van der Waals surface area contributed by atoms with E-state index >= 15 is 0 Å². The molecule has 2 unspecified atom stereocenters. The lowest BCUT2D eigenvalue weighted by molar-refractivity contribution is 0.0111. The van der Waals surface area contributed by atoms with E-state index < -0.39 is 0 Å². The molecule has 0 spiro atoms. The molecule has 2 saturated heterocycles. The van der Waals surface area contributed by atoms with Crippen LogP contribution in [0, 0.1) is 5.82 Å². The first-order chi connectivity index (χ1) is 9.15. The van der Waals surface area contributed by atoms with E-state index in [2.05, 4.69) is 11.9 Å². The van der Waals surface area contributed by atoms with E-state index in [1.807, 2.05) is 4.90 Å². The van der Waals surface area contributed by atoms with Crippen molar-refractivity contribution < 1.29 is 9.18 Å². The Morgan fingerprint density at radius 3 is 2.58 bits per heavy atom. The Morgan fingerprint density at radius 2 is 1.95 bits per heavy atom. The number of amides is 1. The van der Waals surface area contributed by atoms with Crippen molar-refractivity contribution in [2.75, 3.05) is 20.1 Å². The largest absolute Gasteiger partial charge is 0.336 e. The van der Waals surface area contributed by atoms with Crippen LogP contribution in [0.15, 0.2) is 24.3 Å². The van der Waals surface area contributed by atoms with Crippen LogP contribution in [-0.4, -0.2) is 47.9 Å². The van der Waals surface area contributed by atoms with Crippen molar-refractivity contribution in [1.82, 2.24) is 9.80 Å². The first-order valence-corrected chi connectivity index (χ1v) is 6.92. The SMILES string of the molecule is CN1C2CCCC1CN(C(=O)c1cccc(F)c1)C2. The zero-order valence-corrected chi connectivity index (χ0v) is 11.2. The van der Waals surface area contributed by atoms with Crippen LogP contribution in [0.5, 0.6) is 0 Å². The van der Waals surface area contributed by atoms with Gasteiger partial charge in [0.1, 0.15) is 5.82 Å². The number of nitrogens with zero attached hydrogens (tertiary/aromatic N) is 2. The number of likely N-dealkylation sites (tertiary alicyclic amines) is 1. The number of carbonyl (C=O) groups excluding carboxylic acids is 1. The molecule has 2 aliphatic heterocycles. The molecule has 0 aliphatic carbocycles. The lowest BCUT2D eigenvalue weighted by atomic mass is 9.91. The summed E-state index contributed by atoms with van der Waals surface area (Å²) in [6, 6.07) is 6.92. The van der Waals surface area contributed by atoms with Gasteiger partial charge in [0.05, 0.1) is 0 Å². The number of hydrogen-bond donors (Lipinski definition) is 0. The molecule has 19 heavy (non-hydrogen) atoms. The standard InChI is InChI=1S/C15H19FN2O/c1-17-13-6-3-7-14(17)10-18(9-13)15(19)11-4-2-5-12(16)8-11/h2,4-5,8,13-14H,3,6-7,9-10H2,1H3. The van der Waals surface area contributed by atoms with Gasteiger partial charge < -0.3 is 4.90 Å². The number of benzene rings is 1. The van der Waals surface area contributed by atoms with Gasteiger partial charge in [0.15, 0.2) is 0 Å². The third kappa shape index (κ3) is 2.37. The number of carbonyl (C=O) groups is 1. The zero-order valence-electron chi connectivity index (χ0n) is 11.2. The summed E-state index contributed by atoms with van der Waals surface area (Å²) in [6.07, 6.45) is 3.56. The zero-order chi connectivity index (χ0) is 13.4. The van der Waals surface area contributed by atoms with Gasteiger partial charge in [-0.05, 0) is 38.1 Å². The Labute approximate surface area is 113 Å². The fourth-order valence-corrected chi connectivity index (χ4v) is 3.29. The van der Waals surface area contributed by atoms with Gasteiger partial charge in [-0.15, -0.1) is 0 Å². The van der Waals surface area contributed by atoms with Crippen molar-refractivity contribution in [1.29, 1.82) is 0 Å². The average Bonchev–Trinajstić information content (AvgIpc) is 2.37. The van der Waals surface area contributed by atoms with E-state index in [0.717, 1.165) is 25.9 Å². The maximum Gasteiger partial charge on any atom is 0.254 e. The van der Waals surface area contributed by atoms with Crippen LogP contribution in [-0.2, 0) is 0 Å². The number of likely N-dealkylation sites (N-methyl/N-ethyl adjacent to an activating group) is 1. The summed E-state index contributed by atoms with van der Waals surface area (Å²) in [5, 5.41) is 0. The van der Waals surface area contributed by atoms with Crippen LogP contribution in [0.3, 0.4) is 0 Å². The first kappa shape index (κ1) is 12.6. The van der Waals surface area contributed by atoms with Gasteiger partial charge in [-0.2, -0.15) is 0 Å². The highest BCUT2D eigenvalue weighted by atomic mass is 19.1. The second-order valence-electron chi connectivity index (χ2n) is 5.62. The highest BCUT2D eigenvalue weighted by Gasteiger charge is 2.36. The van der Waals surface area contributed by atoms with E-state index in [1.165, 1.54) is 18.6 Å². The number of fused-ring (bicyclic) bond motifs is 2. The Morgan fingerprint density at radius 1 is 1.26 bits per heavy atom. The Balaban J connectivity index is 1.78. The van der Waals surface area contributed by atoms with Gasteiger partial charge in [-0.3, -0.25) is 9.69 Å². The summed E-state index contributed by atoms with van der Waals surface area (Å²) in [5.74, 6) is -0.385. The average molecular weight is 262 g/mol. The number of piperazine rings is 1. The van der Waals surface area contributed by atoms with Crippen molar-refractivity contribution in [2.45, 2.75) is 31.3 Å². The molecular formula is C15H19FN2O. The van der Waals surface area contributed by atoms with Crippen LogP contribution >= 0.6 is 0 Å². The second kappa shape index (κ2) is 4.93. The van der Waals surface area contributed by atoms with E-state index in [4.69, 9.17) is 0 Å². The highest BCUT2D eigenvalue weighted by molar-refractivity contribution is 5.94. The molecule has 2 atom stereocenters. The minimum atomic E-state index is -0.347. The van der Waals surface area contributed by atoms with Crippen LogP contribution in [0.1, 0.15) is 29.6 Å². The highest BCUT2D eigenvalue weighted by Crippen LogP contribution is 2.27. The van der Waals surface area contributed by atoms with Gasteiger partial charge in [-0.25, -0.2) is 4.39 Å². The van der Waals surface area contributed by atoms with E-state index in [9.17, 15) is 9.18 Å². The quantitative estimate of drug-likeness (QED) is 0.774. The minimum Gasteiger partial charge on any atom is -0.336 e. The van der Waals surface area contributed by atoms with E-state index in [-0.39, 0.29) is 11.7 Å². The molecule has 2 heterocycles. The first-order valence-electron chi connectivity index (χ1n) is 6.92. The van der Waals surface area contributed by atoms with E-state index in [1.54, 1.807) is 12.1 Å². The summed E-state index contributed by atoms with van der Waals surface area (Å²) in [6.45, 7) is 1.53. The van der Waals surface area contributed by atoms with Crippen molar-refractivity contribution in [2.24, 2.45) is 0 Å². The molecular weight excluding hydrogens is 243 g/mol. The fraction of sp³-hybridized carbons (Fsp3) is 0.533. The van der Waals surface area contributed by atoms with Crippen molar-refractivity contribution >= 4 is 5.91 Å². The molecule has 1 amide bonds. The third-order valence-corrected chi connectivity index (χ3v) is 4.45. The molecule has 102 valence electrons. The molecule has 2 aliphatic rings. The molecule has 0 saturated carbocycles. The second-order valence-corrected chi connectivity index (χ2v) is 5.62. The normalized spacial score (nSPS) is 27.4. The van der Waals surface area contributed by atoms with Gasteiger partial charge in [-0.1, -0.05) is 12.5 Å². The van der Waals surface area contributed by atoms with Crippen LogP contribution < -0.4 is 0 Å². The number of piperidine rings is 1. The molecule has 0 radical (unpaired) electrons. The molecule has 3 rings (SSSR count). The summed E-state index contributed by atoms with van der Waals surface area (Å²) in [5.41, 5.74) is 0.461. The molecule has 3 nitrogen and oxygen atoms in total. The molecule has 1 aromatic rings. The van der Waals surface area contributed by atoms with Crippen LogP contribution in [0.25, 0.3) is 0 Å². The summed E-state index contributed by atoms with van der Waals surface area (Å²) < 4.78 is 13.2. The topological polar surface area (TPSA) is 23.6 Å². The number of halogens is 1. The molecule has 1 aromatic carbocycles. The van der Waals surface area contributed by atoms with Crippen molar-refractivity contribution in [3.05, 3.63) is 35.6 Å². The molecule has 0 N–H and O–H groups in total. The fourth-order valence-electron chi connectivity index (χ4n) is 3.29. The predicted molar refractivity (Wildman–Crippen MR) is 71.5 cm³/mol. The van der Waals surface area contributed by atoms with Gasteiger partial charge in [0, 0.05) is 30.7 Å². The van der Waals surface area contributed by atoms with Crippen molar-refractivity contribution in [3.63, 3.8) is 0 Å². The lowest BCUT2D eigenvalue weighted by Gasteiger charge is -2.48. The Hall–Kier alpha value is -1.42. The summed E-state index contributed by atoms with van der Waals surface area (Å²) in [4.78, 5) is 16.7. The van der Waals surface area contributed by atoms with Crippen LogP contribution in [0.4, 0.5) is 4.39 Å². The number of rotatable bonds is 1. The Kier molecular flexibility index (Phi) is 3.27. The van der Waals surface area contributed by atoms with E-state index in [0.29, 0.717) is 17.6 Å². The lowest BCUT2D eigenvalue weighted by Crippen LogP contribution is -2.60. The molecule has 4 heteroatoms. The summed E-state index contributed by atoms with van der Waals surface area (Å²) in [7, 11) is 2.15. The van der Waals surface area contributed by atoms with Crippen molar-refractivity contribution in [3.8, 4) is 0 Å².